The smallest absolute Gasteiger partial charge is 0.306 e. The molecule has 0 amide bonds. The van der Waals surface area contributed by atoms with Crippen LogP contribution in [0.1, 0.15) is 33.4 Å². The molecule has 15 aromatic rings. The maximum absolute atomic E-state index is 15.4. The zero-order chi connectivity index (χ0) is 59.7. The fourth-order valence-electron chi connectivity index (χ4n) is 13.0. The Morgan fingerprint density at radius 1 is 0.256 bits per heavy atom. The molecule has 0 bridgehead atoms. The lowest BCUT2D eigenvalue weighted by atomic mass is 9.98. The highest BCUT2D eigenvalue weighted by molar-refractivity contribution is 6.24. The van der Waals surface area contributed by atoms with E-state index in [9.17, 15) is 10.5 Å². The fourth-order valence-corrected chi connectivity index (χ4v) is 13.0. The summed E-state index contributed by atoms with van der Waals surface area (Å²) < 4.78 is 189. The Kier molecular flexibility index (Phi) is 10.8. The number of nitrogens with zero attached hydrogens (tertiary/aromatic N) is 6. The van der Waals surface area contributed by atoms with Gasteiger partial charge in [0.1, 0.15) is 23.3 Å². The zero-order valence-electron chi connectivity index (χ0n) is 43.7. The van der Waals surface area contributed by atoms with Gasteiger partial charge in [-0.1, -0.05) is 121 Å². The summed E-state index contributed by atoms with van der Waals surface area (Å²) in [5.74, 6) is 0. The third kappa shape index (κ3) is 7.41. The third-order valence-electron chi connectivity index (χ3n) is 16.5. The number of nitriles is 2. The summed E-state index contributed by atoms with van der Waals surface area (Å²) in [6.45, 7) is 0. The van der Waals surface area contributed by atoms with Gasteiger partial charge in [-0.15, -0.1) is 0 Å². The molecule has 0 aliphatic rings. The van der Waals surface area contributed by atoms with Gasteiger partial charge in [0.25, 0.3) is 0 Å². The average molecular weight is 1160 g/mol. The van der Waals surface area contributed by atoms with Gasteiger partial charge in [-0.3, -0.25) is 0 Å². The van der Waals surface area contributed by atoms with Crippen LogP contribution in [-0.2, 0) is 24.7 Å². The molecule has 18 heteroatoms. The second-order valence-corrected chi connectivity index (χ2v) is 21.0. The predicted molar refractivity (Wildman–Crippen MR) is 308 cm³/mol. The van der Waals surface area contributed by atoms with E-state index in [-0.39, 0.29) is 49.6 Å². The Morgan fingerprint density at radius 3 is 0.872 bits per heavy atom. The minimum atomic E-state index is -5.07. The van der Waals surface area contributed by atoms with Crippen LogP contribution in [0.5, 0.6) is 0 Å². The Labute approximate surface area is 475 Å². The molecule has 0 aliphatic heterocycles. The highest BCUT2D eigenvalue weighted by Crippen LogP contribution is 2.52. The van der Waals surface area contributed by atoms with Gasteiger partial charge < -0.3 is 18.3 Å². The molecule has 0 atom stereocenters. The molecule has 86 heavy (non-hydrogen) atoms. The number of halogens is 12. The molecular weight excluding hydrogens is 1130 g/mol. The van der Waals surface area contributed by atoms with E-state index < -0.39 is 74.8 Å². The SMILES string of the molecule is N#Cc1c(-n2c3cc(C(F)(F)F)ccc3c3ccc(C(F)(F)F)cc32)c(C#N)c(-n2c3ccccc3c3c4ccccc4ccc32)c(-n2c3cc(C(F)(F)F)ccc3c3ccc(C(F)(F)F)cc32)c1-n1c2ccccc2c2c3ccccc3ccc21. The quantitative estimate of drug-likeness (QED) is 0.165. The van der Waals surface area contributed by atoms with Crippen LogP contribution in [0.2, 0.25) is 0 Å². The monoisotopic (exact) mass is 1160 g/mol. The van der Waals surface area contributed by atoms with Gasteiger partial charge in [0, 0.05) is 43.1 Å². The van der Waals surface area contributed by atoms with E-state index in [2.05, 4.69) is 12.1 Å². The highest BCUT2D eigenvalue weighted by atomic mass is 19.4. The molecule has 11 aromatic carbocycles. The van der Waals surface area contributed by atoms with Gasteiger partial charge >= 0.3 is 24.7 Å². The van der Waals surface area contributed by atoms with Crippen LogP contribution in [0.15, 0.2) is 194 Å². The number of hydrogen-bond donors (Lipinski definition) is 0. The van der Waals surface area contributed by atoms with Crippen molar-refractivity contribution in [1.29, 1.82) is 10.5 Å². The van der Waals surface area contributed by atoms with Gasteiger partial charge in [-0.25, -0.2) is 0 Å². The van der Waals surface area contributed by atoms with E-state index in [0.717, 1.165) is 80.6 Å². The van der Waals surface area contributed by atoms with Gasteiger partial charge in [0.2, 0.25) is 0 Å². The Morgan fingerprint density at radius 2 is 0.547 bits per heavy atom. The summed E-state index contributed by atoms with van der Waals surface area (Å²) >= 11 is 0. The number of benzene rings is 11. The first-order valence-corrected chi connectivity index (χ1v) is 26.5. The van der Waals surface area contributed by atoms with Crippen LogP contribution in [0.3, 0.4) is 0 Å². The van der Waals surface area contributed by atoms with Crippen LogP contribution in [-0.4, -0.2) is 18.3 Å². The summed E-state index contributed by atoms with van der Waals surface area (Å²) in [5, 5.41) is 29.7. The van der Waals surface area contributed by atoms with Crippen LogP contribution in [0, 0.1) is 22.7 Å². The minimum absolute atomic E-state index is 0.00269. The molecule has 0 radical (unpaired) electrons. The number of aromatic nitrogens is 4. The van der Waals surface area contributed by atoms with Gasteiger partial charge in [-0.2, -0.15) is 63.2 Å². The van der Waals surface area contributed by atoms with Crippen LogP contribution >= 0.6 is 0 Å². The van der Waals surface area contributed by atoms with Crippen molar-refractivity contribution in [3.05, 3.63) is 228 Å². The summed E-state index contributed by atoms with van der Waals surface area (Å²) in [5.41, 5.74) is -8.13. The lowest BCUT2D eigenvalue weighted by molar-refractivity contribution is -0.138. The standard InChI is InChI=1S/C68H32F12N6/c69-65(70,71)37-19-23-43-44-24-20-38(66(72,73)74)30-56(44)85(55(43)29-37)61-49(33-81)62(83-51-15-7-5-13-47(51)59-41-11-3-1-9-35(41)17-27-53(59)83)64(86-57-31-39(67(75,76)77)21-25-45(57)46-26-22-40(32-58(46)86)68(78,79)80)63(50(61)34-82)84-52-16-8-6-14-48(52)60-42-12-4-2-10-36(42)18-28-54(60)84/h1-32H. The van der Waals surface area contributed by atoms with Crippen molar-refractivity contribution in [2.24, 2.45) is 0 Å². The first kappa shape index (κ1) is 52.1. The van der Waals surface area contributed by atoms with Gasteiger partial charge in [0.15, 0.2) is 0 Å². The summed E-state index contributed by atoms with van der Waals surface area (Å²) in [6.07, 6.45) is -20.3. The highest BCUT2D eigenvalue weighted by Gasteiger charge is 2.40. The topological polar surface area (TPSA) is 67.3 Å². The molecule has 4 heterocycles. The second-order valence-electron chi connectivity index (χ2n) is 21.0. The van der Waals surface area contributed by atoms with Crippen molar-refractivity contribution < 1.29 is 52.7 Å². The molecule has 0 saturated heterocycles. The van der Waals surface area contributed by atoms with E-state index in [4.69, 9.17) is 0 Å². The predicted octanol–water partition coefficient (Wildman–Crippen LogP) is 20.2. The second kappa shape index (κ2) is 17.9. The minimum Gasteiger partial charge on any atom is -0.306 e. The number of para-hydroxylation sites is 2. The molecule has 0 fully saturated rings. The number of fused-ring (bicyclic) bond motifs is 16. The first-order chi connectivity index (χ1) is 41.1. The van der Waals surface area contributed by atoms with E-state index in [1.807, 2.05) is 24.3 Å². The average Bonchev–Trinajstić information content (AvgIpc) is 1.47. The lowest BCUT2D eigenvalue weighted by Crippen LogP contribution is -2.17. The summed E-state index contributed by atoms with van der Waals surface area (Å²) in [4.78, 5) is 0. The fraction of sp³-hybridized carbons (Fsp3) is 0.0588. The molecule has 0 N–H and O–H groups in total. The molecule has 0 spiro atoms. The van der Waals surface area contributed by atoms with Crippen molar-refractivity contribution in [2.45, 2.75) is 24.7 Å². The lowest BCUT2D eigenvalue weighted by Gasteiger charge is -2.27. The molecule has 0 aliphatic carbocycles. The molecule has 4 aromatic heterocycles. The Bertz CT molecular complexity index is 5240. The van der Waals surface area contributed by atoms with Gasteiger partial charge in [0.05, 0.1) is 89.1 Å². The third-order valence-corrected chi connectivity index (χ3v) is 16.5. The van der Waals surface area contributed by atoms with Crippen LogP contribution < -0.4 is 0 Å². The number of rotatable bonds is 4. The Hall–Kier alpha value is -10.7. The zero-order valence-corrected chi connectivity index (χ0v) is 43.7. The van der Waals surface area contributed by atoms with E-state index >= 15 is 52.7 Å². The normalized spacial score (nSPS) is 12.9. The summed E-state index contributed by atoms with van der Waals surface area (Å²) in [6, 6.07) is 49.9. The number of alkyl halides is 12. The van der Waals surface area contributed by atoms with Crippen molar-refractivity contribution in [1.82, 2.24) is 18.3 Å². The molecule has 0 unspecified atom stereocenters. The van der Waals surface area contributed by atoms with Crippen LogP contribution in [0.4, 0.5) is 52.7 Å². The van der Waals surface area contributed by atoms with Crippen molar-refractivity contribution in [3.8, 4) is 34.9 Å². The van der Waals surface area contributed by atoms with E-state index in [0.29, 0.717) is 66.5 Å². The number of hydrogen-bond acceptors (Lipinski definition) is 2. The largest absolute Gasteiger partial charge is 0.416 e. The van der Waals surface area contributed by atoms with Crippen molar-refractivity contribution >= 4 is 109 Å². The molecule has 6 nitrogen and oxygen atoms in total. The van der Waals surface area contributed by atoms with E-state index in [1.54, 1.807) is 106 Å². The molecule has 0 saturated carbocycles. The maximum atomic E-state index is 15.4. The summed E-state index contributed by atoms with van der Waals surface area (Å²) in [7, 11) is 0. The first-order valence-electron chi connectivity index (χ1n) is 26.5. The molecular formula is C68H32F12N6. The van der Waals surface area contributed by atoms with E-state index in [1.165, 1.54) is 0 Å². The van der Waals surface area contributed by atoms with Gasteiger partial charge in [-0.05, 0) is 94.3 Å². The van der Waals surface area contributed by atoms with Crippen molar-refractivity contribution in [3.63, 3.8) is 0 Å². The molecule has 418 valence electrons. The molecule has 15 rings (SSSR count). The Balaban J connectivity index is 1.31. The van der Waals surface area contributed by atoms with Crippen molar-refractivity contribution in [2.75, 3.05) is 0 Å². The maximum Gasteiger partial charge on any atom is 0.416 e. The van der Waals surface area contributed by atoms with Crippen LogP contribution in [0.25, 0.3) is 132 Å².